The molecule has 2 aromatic carbocycles. The van der Waals surface area contributed by atoms with Gasteiger partial charge in [0.2, 0.25) is 0 Å². The van der Waals surface area contributed by atoms with Crippen molar-refractivity contribution in [3.63, 3.8) is 0 Å². The third-order valence-electron chi connectivity index (χ3n) is 7.28. The van der Waals surface area contributed by atoms with Crippen LogP contribution in [0.15, 0.2) is 75.7 Å². The van der Waals surface area contributed by atoms with Gasteiger partial charge < -0.3 is 9.30 Å². The zero-order valence-corrected chi connectivity index (χ0v) is 25.1. The standard InChI is InChI=1S/C32H32ClN3O3S/c1-7-39-31(38)28-20(5)34-32-36(29(28)23-10-8-22(9-11-23)18(2)3)30(37)27(40-32)17-24-16-19(4)35(21(24)6)26-14-12-25(33)13-15-26/h8-18,29H,7H2,1-6H3/b27-17-/t29-/m0/s1. The minimum Gasteiger partial charge on any atom is -0.463 e. The van der Waals surface area contributed by atoms with E-state index in [1.165, 1.54) is 16.9 Å². The summed E-state index contributed by atoms with van der Waals surface area (Å²) in [6.45, 7) is 12.2. The van der Waals surface area contributed by atoms with E-state index in [0.29, 0.717) is 31.5 Å². The monoisotopic (exact) mass is 573 g/mol. The molecule has 0 aliphatic carbocycles. The minimum atomic E-state index is -0.625. The van der Waals surface area contributed by atoms with E-state index in [-0.39, 0.29) is 12.2 Å². The molecule has 1 aliphatic rings. The van der Waals surface area contributed by atoms with Crippen molar-refractivity contribution in [2.45, 2.75) is 53.5 Å². The predicted molar refractivity (Wildman–Crippen MR) is 161 cm³/mol. The number of ether oxygens (including phenoxy) is 1. The largest absolute Gasteiger partial charge is 0.463 e. The summed E-state index contributed by atoms with van der Waals surface area (Å²) in [6.07, 6.45) is 1.92. The molecule has 8 heteroatoms. The smallest absolute Gasteiger partial charge is 0.338 e. The number of allylic oxidation sites excluding steroid dienone is 1. The van der Waals surface area contributed by atoms with Crippen LogP contribution in [-0.2, 0) is 9.53 Å². The summed E-state index contributed by atoms with van der Waals surface area (Å²) < 4.78 is 9.75. The molecule has 40 heavy (non-hydrogen) atoms. The number of halogens is 1. The van der Waals surface area contributed by atoms with Crippen LogP contribution in [0.25, 0.3) is 11.8 Å². The van der Waals surface area contributed by atoms with Crippen molar-refractivity contribution < 1.29 is 9.53 Å². The highest BCUT2D eigenvalue weighted by atomic mass is 35.5. The number of hydrogen-bond acceptors (Lipinski definition) is 5. The van der Waals surface area contributed by atoms with Crippen molar-refractivity contribution in [2.75, 3.05) is 6.61 Å². The van der Waals surface area contributed by atoms with E-state index in [0.717, 1.165) is 28.2 Å². The molecule has 1 aliphatic heterocycles. The maximum atomic E-state index is 14.0. The van der Waals surface area contributed by atoms with Gasteiger partial charge in [0.1, 0.15) is 0 Å². The summed E-state index contributed by atoms with van der Waals surface area (Å²) in [6, 6.07) is 17.2. The van der Waals surface area contributed by atoms with Crippen molar-refractivity contribution in [3.05, 3.63) is 119 Å². The molecule has 6 nitrogen and oxygen atoms in total. The number of carbonyl (C=O) groups is 1. The number of nitrogens with zero attached hydrogens (tertiary/aromatic N) is 3. The average Bonchev–Trinajstić information content (AvgIpc) is 3.38. The second kappa shape index (κ2) is 11.1. The Morgan fingerprint density at radius 3 is 2.40 bits per heavy atom. The molecule has 1 atom stereocenters. The molecule has 0 unspecified atom stereocenters. The van der Waals surface area contributed by atoms with Gasteiger partial charge in [-0.1, -0.05) is 61.1 Å². The van der Waals surface area contributed by atoms with E-state index in [2.05, 4.69) is 36.6 Å². The van der Waals surface area contributed by atoms with Gasteiger partial charge in [0.15, 0.2) is 4.80 Å². The molecule has 206 valence electrons. The van der Waals surface area contributed by atoms with Crippen LogP contribution in [0.1, 0.15) is 67.7 Å². The van der Waals surface area contributed by atoms with E-state index in [1.54, 1.807) is 18.4 Å². The Kier molecular flexibility index (Phi) is 7.71. The molecule has 0 radical (unpaired) electrons. The van der Waals surface area contributed by atoms with Crippen molar-refractivity contribution in [2.24, 2.45) is 4.99 Å². The lowest BCUT2D eigenvalue weighted by Crippen LogP contribution is -2.39. The molecular formula is C32H32ClN3O3S. The maximum absolute atomic E-state index is 14.0. The molecule has 0 fully saturated rings. The lowest BCUT2D eigenvalue weighted by Gasteiger charge is -2.25. The van der Waals surface area contributed by atoms with Gasteiger partial charge in [0.25, 0.3) is 5.56 Å². The first-order valence-corrected chi connectivity index (χ1v) is 14.5. The Hall–Kier alpha value is -3.68. The fourth-order valence-electron chi connectivity index (χ4n) is 5.23. The fraction of sp³-hybridized carbons (Fsp3) is 0.281. The molecule has 0 spiro atoms. The number of benzene rings is 2. The third kappa shape index (κ3) is 5.00. The molecule has 4 aromatic rings. The van der Waals surface area contributed by atoms with Gasteiger partial charge in [-0.2, -0.15) is 0 Å². The number of hydrogen-bond donors (Lipinski definition) is 0. The Labute approximate surface area is 242 Å². The minimum absolute atomic E-state index is 0.188. The lowest BCUT2D eigenvalue weighted by atomic mass is 9.93. The lowest BCUT2D eigenvalue weighted by molar-refractivity contribution is -0.139. The van der Waals surface area contributed by atoms with Crippen LogP contribution in [-0.4, -0.2) is 21.7 Å². The number of carbonyl (C=O) groups excluding carboxylic acids is 1. The highest BCUT2D eigenvalue weighted by Crippen LogP contribution is 2.31. The second-order valence-electron chi connectivity index (χ2n) is 10.3. The van der Waals surface area contributed by atoms with Crippen molar-refractivity contribution in [3.8, 4) is 5.69 Å². The molecule has 0 amide bonds. The summed E-state index contributed by atoms with van der Waals surface area (Å²) in [7, 11) is 0. The number of rotatable bonds is 6. The highest BCUT2D eigenvalue weighted by Gasteiger charge is 2.33. The summed E-state index contributed by atoms with van der Waals surface area (Å²) in [5.74, 6) is -0.0906. The topological polar surface area (TPSA) is 65.6 Å². The predicted octanol–water partition coefficient (Wildman–Crippen LogP) is 5.98. The van der Waals surface area contributed by atoms with Crippen LogP contribution in [0.3, 0.4) is 0 Å². The normalized spacial score (nSPS) is 15.4. The van der Waals surface area contributed by atoms with Crippen LogP contribution in [0, 0.1) is 13.8 Å². The quantitative estimate of drug-likeness (QED) is 0.266. The van der Waals surface area contributed by atoms with Gasteiger partial charge in [-0.15, -0.1) is 0 Å². The van der Waals surface area contributed by atoms with E-state index in [9.17, 15) is 9.59 Å². The molecule has 5 rings (SSSR count). The van der Waals surface area contributed by atoms with Crippen LogP contribution in [0.4, 0.5) is 0 Å². The number of aromatic nitrogens is 2. The van der Waals surface area contributed by atoms with Gasteiger partial charge in [-0.25, -0.2) is 9.79 Å². The number of aryl methyl sites for hydroxylation is 1. The Morgan fingerprint density at radius 1 is 1.10 bits per heavy atom. The van der Waals surface area contributed by atoms with Gasteiger partial charge in [0, 0.05) is 22.1 Å². The Balaban J connectivity index is 1.67. The zero-order chi connectivity index (χ0) is 28.7. The van der Waals surface area contributed by atoms with Gasteiger partial charge in [0.05, 0.1) is 28.5 Å². The van der Waals surface area contributed by atoms with E-state index in [4.69, 9.17) is 21.3 Å². The highest BCUT2D eigenvalue weighted by molar-refractivity contribution is 7.07. The molecule has 0 N–H and O–H groups in total. The summed E-state index contributed by atoms with van der Waals surface area (Å²) in [5.41, 5.74) is 6.78. The first kappa shape index (κ1) is 27.9. The maximum Gasteiger partial charge on any atom is 0.338 e. The molecule has 2 aromatic heterocycles. The summed E-state index contributed by atoms with van der Waals surface area (Å²) in [5, 5.41) is 0.679. The van der Waals surface area contributed by atoms with Crippen molar-refractivity contribution >= 4 is 35.0 Å². The first-order valence-electron chi connectivity index (χ1n) is 13.3. The van der Waals surface area contributed by atoms with E-state index >= 15 is 0 Å². The van der Waals surface area contributed by atoms with Crippen LogP contribution in [0.5, 0.6) is 0 Å². The number of esters is 1. The van der Waals surface area contributed by atoms with Gasteiger partial charge in [-0.05, 0) is 86.7 Å². The van der Waals surface area contributed by atoms with Crippen LogP contribution < -0.4 is 14.9 Å². The average molecular weight is 574 g/mol. The van der Waals surface area contributed by atoms with Crippen LogP contribution in [0.2, 0.25) is 5.02 Å². The molecule has 0 saturated heterocycles. The van der Waals surface area contributed by atoms with Crippen molar-refractivity contribution in [1.29, 1.82) is 0 Å². The first-order chi connectivity index (χ1) is 19.1. The molecule has 0 bridgehead atoms. The molecular weight excluding hydrogens is 542 g/mol. The van der Waals surface area contributed by atoms with Crippen molar-refractivity contribution in [1.82, 2.24) is 9.13 Å². The second-order valence-corrected chi connectivity index (χ2v) is 11.7. The van der Waals surface area contributed by atoms with E-state index in [1.807, 2.05) is 56.3 Å². The van der Waals surface area contributed by atoms with E-state index < -0.39 is 12.0 Å². The molecule has 3 heterocycles. The van der Waals surface area contributed by atoms with Gasteiger partial charge >= 0.3 is 5.97 Å². The van der Waals surface area contributed by atoms with Crippen LogP contribution >= 0.6 is 22.9 Å². The number of thiazole rings is 1. The Morgan fingerprint density at radius 2 is 1.77 bits per heavy atom. The van der Waals surface area contributed by atoms with Gasteiger partial charge in [-0.3, -0.25) is 9.36 Å². The fourth-order valence-corrected chi connectivity index (χ4v) is 6.40. The third-order valence-corrected chi connectivity index (χ3v) is 8.51. The molecule has 0 saturated carbocycles. The SMILES string of the molecule is CCOC(=O)C1=C(C)N=c2s/c(=C\c3cc(C)n(-c4ccc(Cl)cc4)c3C)c(=O)n2[C@H]1c1ccc(C(C)C)cc1. The zero-order valence-electron chi connectivity index (χ0n) is 23.5. The summed E-state index contributed by atoms with van der Waals surface area (Å²) in [4.78, 5) is 32.4. The summed E-state index contributed by atoms with van der Waals surface area (Å²) >= 11 is 7.43. The number of fused-ring (bicyclic) bond motifs is 1. The Bertz CT molecular complexity index is 1810.